The summed E-state index contributed by atoms with van der Waals surface area (Å²) in [4.78, 5) is 59.1. The van der Waals surface area contributed by atoms with Crippen LogP contribution in [0.15, 0.2) is 36.5 Å². The van der Waals surface area contributed by atoms with E-state index >= 15 is 0 Å². The molecule has 1 aromatic carbocycles. The minimum absolute atomic E-state index is 0.0126. The molecule has 2 aromatic rings. The van der Waals surface area contributed by atoms with Crippen molar-refractivity contribution in [3.63, 3.8) is 0 Å². The first-order valence-corrected chi connectivity index (χ1v) is 13.7. The summed E-state index contributed by atoms with van der Waals surface area (Å²) in [5, 5.41) is 7.45. The molecule has 3 fully saturated rings. The van der Waals surface area contributed by atoms with Gasteiger partial charge in [-0.2, -0.15) is 0 Å². The zero-order valence-corrected chi connectivity index (χ0v) is 22.8. The molecule has 10 nitrogen and oxygen atoms in total. The molecular formula is C29H36N4O6. The van der Waals surface area contributed by atoms with E-state index in [0.717, 1.165) is 24.6 Å². The van der Waals surface area contributed by atoms with E-state index in [0.29, 0.717) is 12.0 Å². The van der Waals surface area contributed by atoms with Gasteiger partial charge in [0.25, 0.3) is 5.91 Å². The fourth-order valence-electron chi connectivity index (χ4n) is 6.18. The van der Waals surface area contributed by atoms with E-state index < -0.39 is 41.7 Å². The predicted molar refractivity (Wildman–Crippen MR) is 142 cm³/mol. The molecule has 208 valence electrons. The maximum absolute atomic E-state index is 14.2. The lowest BCUT2D eigenvalue weighted by Crippen LogP contribution is -2.62. The van der Waals surface area contributed by atoms with E-state index in [4.69, 9.17) is 9.47 Å². The molecule has 3 heterocycles. The van der Waals surface area contributed by atoms with Gasteiger partial charge in [0.15, 0.2) is 0 Å². The van der Waals surface area contributed by atoms with E-state index in [1.807, 2.05) is 51.1 Å². The van der Waals surface area contributed by atoms with Gasteiger partial charge in [0, 0.05) is 24.2 Å². The fourth-order valence-corrected chi connectivity index (χ4v) is 6.18. The minimum Gasteiger partial charge on any atom is -0.433 e. The van der Waals surface area contributed by atoms with E-state index in [1.54, 1.807) is 18.0 Å². The summed E-state index contributed by atoms with van der Waals surface area (Å²) >= 11 is 0. The molecule has 1 unspecified atom stereocenters. The monoisotopic (exact) mass is 536 g/mol. The summed E-state index contributed by atoms with van der Waals surface area (Å²) in [7, 11) is 0. The number of fused-ring (bicyclic) bond motifs is 3. The van der Waals surface area contributed by atoms with Crippen LogP contribution in [0.4, 0.5) is 0 Å². The van der Waals surface area contributed by atoms with Crippen molar-refractivity contribution in [2.24, 2.45) is 11.3 Å². The number of carbonyl (C=O) groups excluding carboxylic acids is 4. The van der Waals surface area contributed by atoms with Gasteiger partial charge in [-0.3, -0.25) is 24.2 Å². The average molecular weight is 537 g/mol. The van der Waals surface area contributed by atoms with Crippen molar-refractivity contribution < 1.29 is 28.7 Å². The van der Waals surface area contributed by atoms with Crippen molar-refractivity contribution >= 4 is 34.5 Å². The molecule has 3 amide bonds. The Morgan fingerprint density at radius 3 is 2.69 bits per heavy atom. The predicted octanol–water partition coefficient (Wildman–Crippen LogP) is 2.55. The molecular weight excluding hydrogens is 500 g/mol. The number of rotatable bonds is 7. The highest BCUT2D eigenvalue weighted by atomic mass is 16.7. The second kappa shape index (κ2) is 10.6. The molecule has 39 heavy (non-hydrogen) atoms. The van der Waals surface area contributed by atoms with Gasteiger partial charge in [0.2, 0.25) is 18.1 Å². The van der Waals surface area contributed by atoms with E-state index in [9.17, 15) is 19.2 Å². The van der Waals surface area contributed by atoms with Crippen LogP contribution in [-0.4, -0.2) is 70.6 Å². The molecule has 10 heteroatoms. The van der Waals surface area contributed by atoms with Crippen LogP contribution in [0.1, 0.15) is 63.9 Å². The maximum Gasteiger partial charge on any atom is 0.310 e. The number of pyridine rings is 1. The van der Waals surface area contributed by atoms with Crippen molar-refractivity contribution in [2.45, 2.75) is 83.8 Å². The Kier molecular flexibility index (Phi) is 7.33. The summed E-state index contributed by atoms with van der Waals surface area (Å²) in [5.41, 5.74) is -0.383. The van der Waals surface area contributed by atoms with Crippen LogP contribution in [0.2, 0.25) is 0 Å². The lowest BCUT2D eigenvalue weighted by molar-refractivity contribution is -0.165. The van der Waals surface area contributed by atoms with Crippen LogP contribution in [0.3, 0.4) is 0 Å². The second-order valence-corrected chi connectivity index (χ2v) is 11.7. The van der Waals surface area contributed by atoms with Gasteiger partial charge in [-0.15, -0.1) is 0 Å². The Hall–Kier alpha value is -3.53. The minimum atomic E-state index is -0.881. The molecule has 2 N–H and O–H groups in total. The van der Waals surface area contributed by atoms with Gasteiger partial charge < -0.3 is 25.0 Å². The van der Waals surface area contributed by atoms with Crippen LogP contribution in [0.25, 0.3) is 10.8 Å². The Bertz CT molecular complexity index is 1280. The highest BCUT2D eigenvalue weighted by Crippen LogP contribution is 2.44. The number of aromatic nitrogens is 1. The SMILES string of the molecule is CCO[C@H]1OC(=O)CC1NC(=O)[C@@H]1[C@H]2CC[C@@H](C2)N1C(=O)[C@@H](NC(=O)c1nccc2ccccc12)C(C)(C)C. The number of likely N-dealkylation sites (tertiary alicyclic amines) is 1. The van der Waals surface area contributed by atoms with E-state index in [2.05, 4.69) is 15.6 Å². The molecule has 3 aliphatic rings. The van der Waals surface area contributed by atoms with Gasteiger partial charge in [-0.05, 0) is 49.0 Å². The molecule has 2 saturated heterocycles. The highest BCUT2D eigenvalue weighted by molar-refractivity contribution is 6.06. The Morgan fingerprint density at radius 2 is 1.95 bits per heavy atom. The number of esters is 1. The third kappa shape index (κ3) is 5.22. The number of nitrogens with one attached hydrogen (secondary N) is 2. The van der Waals surface area contributed by atoms with Crippen LogP contribution in [0.5, 0.6) is 0 Å². The van der Waals surface area contributed by atoms with Crippen molar-refractivity contribution in [1.29, 1.82) is 0 Å². The maximum atomic E-state index is 14.2. The first kappa shape index (κ1) is 27.1. The fraction of sp³-hybridized carbons (Fsp3) is 0.552. The summed E-state index contributed by atoms with van der Waals surface area (Å²) in [6.07, 6.45) is 3.14. The van der Waals surface area contributed by atoms with Crippen LogP contribution >= 0.6 is 0 Å². The van der Waals surface area contributed by atoms with Gasteiger partial charge in [0.05, 0.1) is 6.42 Å². The Morgan fingerprint density at radius 1 is 1.18 bits per heavy atom. The molecule has 0 spiro atoms. The topological polar surface area (TPSA) is 127 Å². The standard InChI is InChI=1S/C29H36N4O6/c1-5-38-28-20(15-21(34)39-28)31-26(36)23-17-10-11-18(14-17)33(23)27(37)24(29(2,3)4)32-25(35)22-19-9-7-6-8-16(19)12-13-30-22/h6-9,12-13,17-18,20,23-24,28H,5,10-11,14-15H2,1-4H3,(H,31,36)(H,32,35)/t17-,18-,20?,23-,24+,28-/m0/s1. The molecule has 1 aromatic heterocycles. The lowest BCUT2D eigenvalue weighted by Gasteiger charge is -2.40. The smallest absolute Gasteiger partial charge is 0.310 e. The van der Waals surface area contributed by atoms with Crippen molar-refractivity contribution in [2.75, 3.05) is 6.61 Å². The molecule has 0 radical (unpaired) electrons. The number of amides is 3. The average Bonchev–Trinajstić information content (AvgIpc) is 3.60. The van der Waals surface area contributed by atoms with Gasteiger partial charge in [-0.1, -0.05) is 45.0 Å². The zero-order chi connectivity index (χ0) is 27.9. The number of piperidine rings is 1. The normalized spacial score (nSPS) is 26.9. The Balaban J connectivity index is 1.38. The number of ether oxygens (including phenoxy) is 2. The number of benzene rings is 1. The molecule has 1 saturated carbocycles. The Labute approximate surface area is 227 Å². The molecule has 2 aliphatic heterocycles. The third-order valence-corrected chi connectivity index (χ3v) is 8.01. The van der Waals surface area contributed by atoms with Gasteiger partial charge in [-0.25, -0.2) is 0 Å². The highest BCUT2D eigenvalue weighted by Gasteiger charge is 2.54. The van der Waals surface area contributed by atoms with E-state index in [1.165, 1.54) is 0 Å². The first-order chi connectivity index (χ1) is 18.6. The number of hydrogen-bond acceptors (Lipinski definition) is 7. The van der Waals surface area contributed by atoms with Crippen LogP contribution in [-0.2, 0) is 23.9 Å². The third-order valence-electron chi connectivity index (χ3n) is 8.01. The number of hydrogen-bond donors (Lipinski definition) is 2. The lowest BCUT2D eigenvalue weighted by atomic mass is 9.84. The summed E-state index contributed by atoms with van der Waals surface area (Å²) < 4.78 is 10.7. The molecule has 1 aliphatic carbocycles. The van der Waals surface area contributed by atoms with E-state index in [-0.39, 0.29) is 35.9 Å². The van der Waals surface area contributed by atoms with Crippen molar-refractivity contribution in [3.05, 3.63) is 42.2 Å². The van der Waals surface area contributed by atoms with Gasteiger partial charge in [0.1, 0.15) is 23.8 Å². The van der Waals surface area contributed by atoms with Crippen LogP contribution < -0.4 is 10.6 Å². The second-order valence-electron chi connectivity index (χ2n) is 11.7. The number of carbonyl (C=O) groups is 4. The van der Waals surface area contributed by atoms with Crippen molar-refractivity contribution in [1.82, 2.24) is 20.5 Å². The number of nitrogens with zero attached hydrogens (tertiary/aromatic N) is 2. The first-order valence-electron chi connectivity index (χ1n) is 13.7. The summed E-state index contributed by atoms with van der Waals surface area (Å²) in [5.74, 6) is -1.47. The number of cyclic esters (lactones) is 1. The molecule has 5 rings (SSSR count). The largest absolute Gasteiger partial charge is 0.433 e. The molecule has 2 bridgehead atoms. The van der Waals surface area contributed by atoms with Crippen molar-refractivity contribution in [3.8, 4) is 0 Å². The summed E-state index contributed by atoms with van der Waals surface area (Å²) in [6.45, 7) is 7.80. The quantitative estimate of drug-likeness (QED) is 0.521. The summed E-state index contributed by atoms with van der Waals surface area (Å²) in [6, 6.07) is 7.04. The molecule has 6 atom stereocenters. The van der Waals surface area contributed by atoms with Gasteiger partial charge >= 0.3 is 5.97 Å². The zero-order valence-electron chi connectivity index (χ0n) is 22.8. The van der Waals surface area contributed by atoms with Crippen LogP contribution in [0, 0.1) is 11.3 Å².